The van der Waals surface area contributed by atoms with Crippen LogP contribution in [0.4, 0.5) is 0 Å². The van der Waals surface area contributed by atoms with Gasteiger partial charge >= 0.3 is 0 Å². The molecule has 1 heterocycles. The molecule has 1 aromatic heterocycles. The molecule has 6 nitrogen and oxygen atoms in total. The van der Waals surface area contributed by atoms with Gasteiger partial charge in [-0.15, -0.1) is 0 Å². The normalized spacial score (nSPS) is 11.7. The number of benzene rings is 1. The Morgan fingerprint density at radius 1 is 1.38 bits per heavy atom. The summed E-state index contributed by atoms with van der Waals surface area (Å²) in [5, 5.41) is 13.2. The molecule has 2 N–H and O–H groups in total. The van der Waals surface area contributed by atoms with Crippen molar-refractivity contribution >= 4 is 21.6 Å². The fourth-order valence-corrected chi connectivity index (χ4v) is 3.43. The van der Waals surface area contributed by atoms with Crippen LogP contribution in [-0.4, -0.2) is 29.8 Å². The van der Waals surface area contributed by atoms with Gasteiger partial charge in [0.2, 0.25) is 10.0 Å². The third kappa shape index (κ3) is 4.28. The number of rotatable bonds is 7. The van der Waals surface area contributed by atoms with Crippen molar-refractivity contribution in [2.24, 2.45) is 0 Å². The van der Waals surface area contributed by atoms with E-state index >= 15 is 0 Å². The maximum atomic E-state index is 12.2. The van der Waals surface area contributed by atoms with Crippen LogP contribution in [0.1, 0.15) is 12.0 Å². The molecule has 2 rings (SSSR count). The third-order valence-electron chi connectivity index (χ3n) is 2.88. The summed E-state index contributed by atoms with van der Waals surface area (Å²) in [6.45, 7) is 0.667. The van der Waals surface area contributed by atoms with Crippen LogP contribution < -0.4 is 4.72 Å². The summed E-state index contributed by atoms with van der Waals surface area (Å²) in [5.41, 5.74) is 0.497. The van der Waals surface area contributed by atoms with Gasteiger partial charge in [-0.3, -0.25) is 4.68 Å². The van der Waals surface area contributed by atoms with E-state index in [4.69, 9.17) is 16.7 Å². The highest BCUT2D eigenvalue weighted by Crippen LogP contribution is 2.22. The molecule has 0 atom stereocenters. The van der Waals surface area contributed by atoms with E-state index in [1.54, 1.807) is 16.9 Å². The van der Waals surface area contributed by atoms with E-state index in [2.05, 4.69) is 9.82 Å². The van der Waals surface area contributed by atoms with Gasteiger partial charge in [-0.25, -0.2) is 13.1 Å². The molecule has 0 bridgehead atoms. The number of halogens is 1. The molecule has 2 aromatic rings. The molecule has 0 unspecified atom stereocenters. The number of nitrogens with zero attached hydrogens (tertiary/aromatic N) is 2. The van der Waals surface area contributed by atoms with E-state index < -0.39 is 10.0 Å². The highest BCUT2D eigenvalue weighted by molar-refractivity contribution is 7.89. The predicted molar refractivity (Wildman–Crippen MR) is 79.4 cm³/mol. The van der Waals surface area contributed by atoms with E-state index in [9.17, 15) is 8.42 Å². The molecule has 8 heteroatoms. The molecule has 114 valence electrons. The lowest BCUT2D eigenvalue weighted by molar-refractivity contribution is 0.281. The minimum absolute atomic E-state index is 0.0187. The van der Waals surface area contributed by atoms with Crippen molar-refractivity contribution in [1.29, 1.82) is 0 Å². The van der Waals surface area contributed by atoms with Crippen LogP contribution in [0.25, 0.3) is 0 Å². The number of hydrogen-bond donors (Lipinski definition) is 2. The van der Waals surface area contributed by atoms with Gasteiger partial charge in [-0.1, -0.05) is 17.7 Å². The zero-order chi connectivity index (χ0) is 15.3. The smallest absolute Gasteiger partial charge is 0.242 e. The second-order valence-corrected chi connectivity index (χ2v) is 6.59. The molecule has 0 spiro atoms. The Balaban J connectivity index is 1.98. The molecule has 1 aromatic carbocycles. The quantitative estimate of drug-likeness (QED) is 0.752. The zero-order valence-electron chi connectivity index (χ0n) is 11.2. The molecular formula is C13H16ClN3O3S. The predicted octanol–water partition coefficient (Wildman–Crippen LogP) is 1.40. The van der Waals surface area contributed by atoms with E-state index in [-0.39, 0.29) is 23.1 Å². The first-order valence-electron chi connectivity index (χ1n) is 6.39. The number of aliphatic hydroxyl groups excluding tert-OH is 1. The van der Waals surface area contributed by atoms with Crippen molar-refractivity contribution in [3.8, 4) is 0 Å². The number of aromatic nitrogens is 2. The Labute approximate surface area is 128 Å². The highest BCUT2D eigenvalue weighted by atomic mass is 35.5. The molecular weight excluding hydrogens is 314 g/mol. The standard InChI is InChI=1S/C13H16ClN3O3S/c14-12-4-3-11(10-18)9-13(12)21(19,20)16-6-2-8-17-7-1-5-15-17/h1,3-5,7,9,16,18H,2,6,8,10H2. The molecule has 0 saturated heterocycles. The SMILES string of the molecule is O=S(=O)(NCCCn1cccn1)c1cc(CO)ccc1Cl. The summed E-state index contributed by atoms with van der Waals surface area (Å²) in [6.07, 6.45) is 4.10. The number of sulfonamides is 1. The maximum Gasteiger partial charge on any atom is 0.242 e. The van der Waals surface area contributed by atoms with Crippen LogP contribution in [0.15, 0.2) is 41.6 Å². The minimum atomic E-state index is -3.69. The van der Waals surface area contributed by atoms with Crippen LogP contribution in [0.2, 0.25) is 5.02 Å². The number of nitrogens with one attached hydrogen (secondary N) is 1. The van der Waals surface area contributed by atoms with Crippen LogP contribution in [0.3, 0.4) is 0 Å². The Morgan fingerprint density at radius 3 is 2.86 bits per heavy atom. The number of hydrogen-bond acceptors (Lipinski definition) is 4. The van der Waals surface area contributed by atoms with Gasteiger partial charge in [0.15, 0.2) is 0 Å². The lowest BCUT2D eigenvalue weighted by atomic mass is 10.2. The Bertz CT molecular complexity index is 687. The third-order valence-corrected chi connectivity index (χ3v) is 4.83. The van der Waals surface area contributed by atoms with Crippen LogP contribution in [-0.2, 0) is 23.2 Å². The van der Waals surface area contributed by atoms with Crippen molar-refractivity contribution in [1.82, 2.24) is 14.5 Å². The largest absolute Gasteiger partial charge is 0.392 e. The van der Waals surface area contributed by atoms with Crippen molar-refractivity contribution in [3.05, 3.63) is 47.2 Å². The first-order chi connectivity index (χ1) is 10.0. The van der Waals surface area contributed by atoms with Crippen molar-refractivity contribution in [3.63, 3.8) is 0 Å². The monoisotopic (exact) mass is 329 g/mol. The summed E-state index contributed by atoms with van der Waals surface area (Å²) in [6, 6.07) is 6.23. The molecule has 21 heavy (non-hydrogen) atoms. The molecule has 0 fully saturated rings. The first-order valence-corrected chi connectivity index (χ1v) is 8.25. The second kappa shape index (κ2) is 7.04. The van der Waals surface area contributed by atoms with E-state index in [1.807, 2.05) is 12.3 Å². The van der Waals surface area contributed by atoms with Gasteiger partial charge in [0.1, 0.15) is 4.90 Å². The van der Waals surface area contributed by atoms with Crippen molar-refractivity contribution < 1.29 is 13.5 Å². The Morgan fingerprint density at radius 2 is 2.19 bits per heavy atom. The molecule has 0 amide bonds. The van der Waals surface area contributed by atoms with Crippen LogP contribution in [0, 0.1) is 0 Å². The average molecular weight is 330 g/mol. The lowest BCUT2D eigenvalue weighted by Gasteiger charge is -2.09. The van der Waals surface area contributed by atoms with Crippen LogP contribution in [0.5, 0.6) is 0 Å². The lowest BCUT2D eigenvalue weighted by Crippen LogP contribution is -2.26. The molecule has 0 aliphatic rings. The van der Waals surface area contributed by atoms with Crippen LogP contribution >= 0.6 is 11.6 Å². The summed E-state index contributed by atoms with van der Waals surface area (Å²) in [5.74, 6) is 0. The fourth-order valence-electron chi connectivity index (χ4n) is 1.81. The number of aryl methyl sites for hydroxylation is 1. The molecule has 0 saturated carbocycles. The topological polar surface area (TPSA) is 84.2 Å². The van der Waals surface area contributed by atoms with Crippen molar-refractivity contribution in [2.45, 2.75) is 24.5 Å². The zero-order valence-corrected chi connectivity index (χ0v) is 12.8. The highest BCUT2D eigenvalue weighted by Gasteiger charge is 2.17. The maximum absolute atomic E-state index is 12.2. The minimum Gasteiger partial charge on any atom is -0.392 e. The van der Waals surface area contributed by atoms with Gasteiger partial charge in [0, 0.05) is 25.5 Å². The molecule has 0 aliphatic carbocycles. The van der Waals surface area contributed by atoms with E-state index in [0.717, 1.165) is 0 Å². The summed E-state index contributed by atoms with van der Waals surface area (Å²) in [7, 11) is -3.69. The summed E-state index contributed by atoms with van der Waals surface area (Å²) in [4.78, 5) is -0.0187. The van der Waals surface area contributed by atoms with Gasteiger partial charge in [0.05, 0.1) is 11.6 Å². The van der Waals surface area contributed by atoms with Gasteiger partial charge in [0.25, 0.3) is 0 Å². The van der Waals surface area contributed by atoms with Gasteiger partial charge in [-0.2, -0.15) is 5.10 Å². The van der Waals surface area contributed by atoms with Gasteiger partial charge in [-0.05, 0) is 30.2 Å². The average Bonchev–Trinajstić information content (AvgIpc) is 2.97. The Hall–Kier alpha value is -1.41. The van der Waals surface area contributed by atoms with E-state index in [1.165, 1.54) is 12.1 Å². The first kappa shape index (κ1) is 16.0. The molecule has 0 aliphatic heterocycles. The van der Waals surface area contributed by atoms with Crippen molar-refractivity contribution in [2.75, 3.05) is 6.54 Å². The fraction of sp³-hybridized carbons (Fsp3) is 0.308. The number of aliphatic hydroxyl groups is 1. The van der Waals surface area contributed by atoms with E-state index in [0.29, 0.717) is 18.5 Å². The second-order valence-electron chi connectivity index (χ2n) is 4.44. The summed E-state index contributed by atoms with van der Waals surface area (Å²) < 4.78 is 28.6. The summed E-state index contributed by atoms with van der Waals surface area (Å²) >= 11 is 5.92. The Kier molecular flexibility index (Phi) is 5.35. The molecule has 0 radical (unpaired) electrons. The van der Waals surface area contributed by atoms with Gasteiger partial charge < -0.3 is 5.11 Å².